The highest BCUT2D eigenvalue weighted by Crippen LogP contribution is 2.32. The van der Waals surface area contributed by atoms with Crippen molar-refractivity contribution in [3.63, 3.8) is 0 Å². The van der Waals surface area contributed by atoms with Crippen LogP contribution < -0.4 is 0 Å². The van der Waals surface area contributed by atoms with Crippen molar-refractivity contribution in [1.29, 1.82) is 0 Å². The number of hydrogen-bond acceptors (Lipinski definition) is 2. The van der Waals surface area contributed by atoms with E-state index >= 15 is 0 Å². The summed E-state index contributed by atoms with van der Waals surface area (Å²) in [5.74, 6) is 0.491. The molecule has 0 aliphatic carbocycles. The van der Waals surface area contributed by atoms with Gasteiger partial charge in [-0.25, -0.2) is 4.39 Å². The van der Waals surface area contributed by atoms with Gasteiger partial charge in [-0.05, 0) is 81.6 Å². The third-order valence-electron chi connectivity index (χ3n) is 5.53. The van der Waals surface area contributed by atoms with Gasteiger partial charge in [0.25, 0.3) is 0 Å². The lowest BCUT2D eigenvalue weighted by Gasteiger charge is -2.40. The topological polar surface area (TPSA) is 23.5 Å². The Kier molecular flexibility index (Phi) is 7.21. The number of allylic oxidation sites excluding steroid dienone is 1. The number of aliphatic hydroxyl groups is 1. The molecule has 3 heteroatoms. The molecule has 1 heterocycles. The highest BCUT2D eigenvalue weighted by Gasteiger charge is 2.30. The lowest BCUT2D eigenvalue weighted by molar-refractivity contribution is 0.122. The Morgan fingerprint density at radius 3 is 2.36 bits per heavy atom. The molecule has 1 aromatic rings. The fourth-order valence-electron chi connectivity index (χ4n) is 3.98. The number of likely N-dealkylation sites (tertiary alicyclic amines) is 1. The number of hydrogen-bond donors (Lipinski definition) is 1. The molecule has 2 rings (SSSR count). The molecule has 1 fully saturated rings. The van der Waals surface area contributed by atoms with Crippen LogP contribution in [0.15, 0.2) is 35.9 Å². The smallest absolute Gasteiger partial charge is 0.123 e. The van der Waals surface area contributed by atoms with Crippen molar-refractivity contribution in [2.75, 3.05) is 19.7 Å². The van der Waals surface area contributed by atoms with Crippen molar-refractivity contribution in [2.24, 2.45) is 5.92 Å². The van der Waals surface area contributed by atoms with Crippen LogP contribution in [0.25, 0.3) is 0 Å². The van der Waals surface area contributed by atoms with Gasteiger partial charge in [0.2, 0.25) is 0 Å². The van der Waals surface area contributed by atoms with Gasteiger partial charge in [0.05, 0.1) is 0 Å². The van der Waals surface area contributed by atoms with Gasteiger partial charge < -0.3 is 5.11 Å². The van der Waals surface area contributed by atoms with Crippen molar-refractivity contribution in [2.45, 2.75) is 64.8 Å². The summed E-state index contributed by atoms with van der Waals surface area (Å²) in [4.78, 5) is 2.59. The van der Waals surface area contributed by atoms with Gasteiger partial charge in [-0.2, -0.15) is 0 Å². The van der Waals surface area contributed by atoms with E-state index in [1.165, 1.54) is 24.0 Å². The second kappa shape index (κ2) is 8.95. The predicted octanol–water partition coefficient (Wildman–Crippen LogP) is 4.92. The van der Waals surface area contributed by atoms with E-state index in [9.17, 15) is 4.39 Å². The van der Waals surface area contributed by atoms with Gasteiger partial charge in [-0.3, -0.25) is 4.90 Å². The Morgan fingerprint density at radius 1 is 1.24 bits per heavy atom. The summed E-state index contributed by atoms with van der Waals surface area (Å²) in [6.07, 6.45) is 6.68. The Hall–Kier alpha value is -1.19. The molecule has 0 aromatic heterocycles. The van der Waals surface area contributed by atoms with Crippen LogP contribution in [0.5, 0.6) is 0 Å². The average molecular weight is 348 g/mol. The Balaban J connectivity index is 2.10. The van der Waals surface area contributed by atoms with E-state index in [0.29, 0.717) is 18.6 Å². The number of piperidine rings is 1. The minimum Gasteiger partial charge on any atom is -0.396 e. The van der Waals surface area contributed by atoms with E-state index in [-0.39, 0.29) is 11.2 Å². The summed E-state index contributed by atoms with van der Waals surface area (Å²) in [7, 11) is 0. The number of rotatable bonds is 7. The molecule has 140 valence electrons. The minimum absolute atomic E-state index is 0.00767. The molecule has 1 N–H and O–H groups in total. The third-order valence-corrected chi connectivity index (χ3v) is 5.53. The average Bonchev–Trinajstić information content (AvgIpc) is 2.55. The summed E-state index contributed by atoms with van der Waals surface area (Å²) >= 11 is 0. The summed E-state index contributed by atoms with van der Waals surface area (Å²) in [5, 5.41) is 9.16. The van der Waals surface area contributed by atoms with Gasteiger partial charge in [0, 0.05) is 12.6 Å². The number of nitrogens with zero attached hydrogens (tertiary/aromatic N) is 1. The summed E-state index contributed by atoms with van der Waals surface area (Å²) < 4.78 is 13.3. The maximum absolute atomic E-state index is 13.3. The van der Waals surface area contributed by atoms with E-state index in [2.05, 4.69) is 38.7 Å². The Morgan fingerprint density at radius 2 is 1.84 bits per heavy atom. The standard InChI is InChI=1S/C22H34FNO/c1-17(2)15-21(24-12-9-18(10-13-24)11-14-25)16-22(3,4)19-5-7-20(23)8-6-19/h5-8,15,18,21,25H,9-14,16H2,1-4H3. The molecule has 1 unspecified atom stereocenters. The number of halogens is 1. The van der Waals surface area contributed by atoms with Crippen LogP contribution in [0.2, 0.25) is 0 Å². The van der Waals surface area contributed by atoms with Crippen LogP contribution in [-0.4, -0.2) is 35.7 Å². The van der Waals surface area contributed by atoms with Crippen LogP contribution in [0.4, 0.5) is 4.39 Å². The van der Waals surface area contributed by atoms with Gasteiger partial charge in [0.15, 0.2) is 0 Å². The molecule has 0 saturated carbocycles. The second-order valence-electron chi connectivity index (χ2n) is 8.40. The van der Waals surface area contributed by atoms with Gasteiger partial charge in [0.1, 0.15) is 5.82 Å². The predicted molar refractivity (Wildman–Crippen MR) is 103 cm³/mol. The van der Waals surface area contributed by atoms with Crippen LogP contribution in [0.1, 0.15) is 58.9 Å². The third kappa shape index (κ3) is 5.93. The van der Waals surface area contributed by atoms with Crippen molar-refractivity contribution in [3.05, 3.63) is 47.3 Å². The molecular formula is C22H34FNO. The Bertz CT molecular complexity index is 552. The molecule has 2 nitrogen and oxygen atoms in total. The summed E-state index contributed by atoms with van der Waals surface area (Å²) in [6, 6.07) is 7.37. The second-order valence-corrected chi connectivity index (χ2v) is 8.40. The normalized spacial score (nSPS) is 18.2. The van der Waals surface area contributed by atoms with Gasteiger partial charge in [-0.15, -0.1) is 0 Å². The maximum Gasteiger partial charge on any atom is 0.123 e. The first-order chi connectivity index (χ1) is 11.8. The van der Waals surface area contributed by atoms with E-state index in [1.54, 1.807) is 12.1 Å². The van der Waals surface area contributed by atoms with E-state index in [4.69, 9.17) is 5.11 Å². The SMILES string of the molecule is CC(C)=CC(CC(C)(C)c1ccc(F)cc1)N1CCC(CCO)CC1. The fourth-order valence-corrected chi connectivity index (χ4v) is 3.98. The molecule has 0 amide bonds. The lowest BCUT2D eigenvalue weighted by atomic mass is 9.78. The van der Waals surface area contributed by atoms with Crippen molar-refractivity contribution in [3.8, 4) is 0 Å². The van der Waals surface area contributed by atoms with Gasteiger partial charge >= 0.3 is 0 Å². The highest BCUT2D eigenvalue weighted by molar-refractivity contribution is 5.25. The van der Waals surface area contributed by atoms with Crippen LogP contribution in [-0.2, 0) is 5.41 Å². The molecule has 0 radical (unpaired) electrons. The zero-order valence-electron chi connectivity index (χ0n) is 16.3. The molecule has 1 atom stereocenters. The molecule has 1 aliphatic heterocycles. The first-order valence-electron chi connectivity index (χ1n) is 9.58. The van der Waals surface area contributed by atoms with Crippen molar-refractivity contribution >= 4 is 0 Å². The quantitative estimate of drug-likeness (QED) is 0.708. The monoisotopic (exact) mass is 347 g/mol. The molecular weight excluding hydrogens is 313 g/mol. The first kappa shape index (κ1) is 20.1. The number of aliphatic hydroxyl groups excluding tert-OH is 1. The highest BCUT2D eigenvalue weighted by atomic mass is 19.1. The summed E-state index contributed by atoms with van der Waals surface area (Å²) in [6.45, 7) is 11.3. The van der Waals surface area contributed by atoms with Crippen molar-refractivity contribution < 1.29 is 9.50 Å². The lowest BCUT2D eigenvalue weighted by Crippen LogP contribution is -2.43. The Labute approximate surface area is 152 Å². The molecule has 1 aliphatic rings. The number of benzene rings is 1. The molecule has 1 saturated heterocycles. The largest absolute Gasteiger partial charge is 0.396 e. The fraction of sp³-hybridized carbons (Fsp3) is 0.636. The van der Waals surface area contributed by atoms with Crippen LogP contribution in [0, 0.1) is 11.7 Å². The van der Waals surface area contributed by atoms with Crippen LogP contribution >= 0.6 is 0 Å². The van der Waals surface area contributed by atoms with E-state index < -0.39 is 0 Å². The minimum atomic E-state index is -0.175. The van der Waals surface area contributed by atoms with E-state index in [1.807, 2.05) is 12.1 Å². The van der Waals surface area contributed by atoms with E-state index in [0.717, 1.165) is 25.9 Å². The van der Waals surface area contributed by atoms with Crippen molar-refractivity contribution in [1.82, 2.24) is 4.90 Å². The maximum atomic E-state index is 13.3. The first-order valence-corrected chi connectivity index (χ1v) is 9.58. The molecule has 0 bridgehead atoms. The van der Waals surface area contributed by atoms with Gasteiger partial charge in [-0.1, -0.05) is 37.6 Å². The molecule has 25 heavy (non-hydrogen) atoms. The van der Waals surface area contributed by atoms with Crippen LogP contribution in [0.3, 0.4) is 0 Å². The zero-order chi connectivity index (χ0) is 18.4. The zero-order valence-corrected chi connectivity index (χ0v) is 16.3. The summed E-state index contributed by atoms with van der Waals surface area (Å²) in [5.41, 5.74) is 2.53. The molecule has 0 spiro atoms. The molecule has 1 aromatic carbocycles.